The smallest absolute Gasteiger partial charge is 0.138 e. The predicted molar refractivity (Wildman–Crippen MR) is 89.4 cm³/mol. The number of rotatable bonds is 4. The van der Waals surface area contributed by atoms with Crippen molar-refractivity contribution >= 4 is 45.3 Å². The summed E-state index contributed by atoms with van der Waals surface area (Å²) in [5, 5.41) is 3.27. The van der Waals surface area contributed by atoms with Gasteiger partial charge in [0.25, 0.3) is 0 Å². The van der Waals surface area contributed by atoms with Gasteiger partial charge in [-0.25, -0.2) is 4.39 Å². The molecule has 0 saturated heterocycles. The minimum atomic E-state index is -0.239. The summed E-state index contributed by atoms with van der Waals surface area (Å²) in [6.07, 6.45) is 0.908. The maximum atomic E-state index is 13.5. The number of anilines is 2. The van der Waals surface area contributed by atoms with Crippen molar-refractivity contribution in [1.29, 1.82) is 0 Å². The van der Waals surface area contributed by atoms with Crippen LogP contribution in [0.2, 0.25) is 0 Å². The first kappa shape index (κ1) is 14.6. The molecule has 1 atom stereocenters. The molecule has 0 aliphatic heterocycles. The first-order valence-electron chi connectivity index (χ1n) is 6.02. The van der Waals surface area contributed by atoms with Gasteiger partial charge in [0.15, 0.2) is 0 Å². The van der Waals surface area contributed by atoms with E-state index >= 15 is 0 Å². The highest BCUT2D eigenvalue weighted by atomic mass is 127. The summed E-state index contributed by atoms with van der Waals surface area (Å²) in [6, 6.07) is 7.58. The molecule has 19 heavy (non-hydrogen) atoms. The molecule has 0 bridgehead atoms. The van der Waals surface area contributed by atoms with E-state index in [0.29, 0.717) is 14.9 Å². The van der Waals surface area contributed by atoms with Crippen molar-refractivity contribution in [2.75, 3.05) is 11.1 Å². The molecule has 3 N–H and O–H groups in total. The van der Waals surface area contributed by atoms with Gasteiger partial charge in [-0.1, -0.05) is 0 Å². The van der Waals surface area contributed by atoms with E-state index in [0.717, 1.165) is 6.42 Å². The van der Waals surface area contributed by atoms with Gasteiger partial charge in [-0.2, -0.15) is 0 Å². The minimum Gasteiger partial charge on any atom is -0.397 e. The van der Waals surface area contributed by atoms with Crippen molar-refractivity contribution in [2.45, 2.75) is 26.3 Å². The zero-order valence-electron chi connectivity index (χ0n) is 10.8. The molecule has 1 aromatic carbocycles. The molecule has 5 heteroatoms. The third-order valence-electron chi connectivity index (χ3n) is 2.80. The quantitative estimate of drug-likeness (QED) is 0.599. The summed E-state index contributed by atoms with van der Waals surface area (Å²) in [4.78, 5) is 2.63. The molecule has 0 amide bonds. The molecule has 102 valence electrons. The Morgan fingerprint density at radius 2 is 2.16 bits per heavy atom. The fourth-order valence-corrected chi connectivity index (χ4v) is 3.41. The molecule has 2 rings (SSSR count). The first-order valence-corrected chi connectivity index (χ1v) is 7.91. The molecule has 2 nitrogen and oxygen atoms in total. The highest BCUT2D eigenvalue weighted by Crippen LogP contribution is 2.25. The van der Waals surface area contributed by atoms with E-state index in [4.69, 9.17) is 5.73 Å². The van der Waals surface area contributed by atoms with Crippen LogP contribution in [0.4, 0.5) is 15.8 Å². The van der Waals surface area contributed by atoms with Crippen LogP contribution in [0.25, 0.3) is 0 Å². The van der Waals surface area contributed by atoms with Crippen molar-refractivity contribution in [3.05, 3.63) is 43.4 Å². The van der Waals surface area contributed by atoms with Gasteiger partial charge in [0.2, 0.25) is 0 Å². The zero-order valence-corrected chi connectivity index (χ0v) is 13.8. The van der Waals surface area contributed by atoms with Crippen LogP contribution in [-0.2, 0) is 6.42 Å². The zero-order chi connectivity index (χ0) is 14.0. The number of nitrogens with two attached hydrogens (primary N) is 1. The SMILES string of the molecule is Cc1ccc(CC(C)Nc2cc(F)c(I)cc2N)s1. The maximum absolute atomic E-state index is 13.5. The lowest BCUT2D eigenvalue weighted by molar-refractivity contribution is 0.620. The number of hydrogen-bond acceptors (Lipinski definition) is 3. The van der Waals surface area contributed by atoms with E-state index in [9.17, 15) is 4.39 Å². The van der Waals surface area contributed by atoms with Crippen molar-refractivity contribution in [3.8, 4) is 0 Å². The number of aryl methyl sites for hydroxylation is 1. The summed E-state index contributed by atoms with van der Waals surface area (Å²) in [5.41, 5.74) is 7.15. The summed E-state index contributed by atoms with van der Waals surface area (Å²) < 4.78 is 14.1. The topological polar surface area (TPSA) is 38.0 Å². The van der Waals surface area contributed by atoms with Crippen LogP contribution in [0.3, 0.4) is 0 Å². The van der Waals surface area contributed by atoms with Gasteiger partial charge < -0.3 is 11.1 Å². The molecular weight excluding hydrogens is 374 g/mol. The largest absolute Gasteiger partial charge is 0.397 e. The van der Waals surface area contributed by atoms with Crippen LogP contribution >= 0.6 is 33.9 Å². The summed E-state index contributed by atoms with van der Waals surface area (Å²) in [6.45, 7) is 4.17. The van der Waals surface area contributed by atoms with Crippen LogP contribution in [-0.4, -0.2) is 6.04 Å². The molecule has 0 aliphatic carbocycles. The Labute approximate surface area is 130 Å². The van der Waals surface area contributed by atoms with E-state index in [1.165, 1.54) is 15.8 Å². The Morgan fingerprint density at radius 1 is 1.42 bits per heavy atom. The van der Waals surface area contributed by atoms with Gasteiger partial charge in [0.1, 0.15) is 5.82 Å². The second-order valence-electron chi connectivity index (χ2n) is 4.62. The van der Waals surface area contributed by atoms with Crippen LogP contribution in [0.5, 0.6) is 0 Å². The van der Waals surface area contributed by atoms with Crippen molar-refractivity contribution in [1.82, 2.24) is 0 Å². The van der Waals surface area contributed by atoms with Crippen LogP contribution in [0.1, 0.15) is 16.7 Å². The van der Waals surface area contributed by atoms with Crippen LogP contribution in [0.15, 0.2) is 24.3 Å². The molecule has 0 aliphatic rings. The minimum absolute atomic E-state index is 0.208. The van der Waals surface area contributed by atoms with Crippen molar-refractivity contribution in [2.24, 2.45) is 0 Å². The molecule has 0 radical (unpaired) electrons. The fourth-order valence-electron chi connectivity index (χ4n) is 1.90. The monoisotopic (exact) mass is 390 g/mol. The highest BCUT2D eigenvalue weighted by Gasteiger charge is 2.10. The van der Waals surface area contributed by atoms with Gasteiger partial charge in [0, 0.05) is 28.3 Å². The van der Waals surface area contributed by atoms with E-state index < -0.39 is 0 Å². The third kappa shape index (κ3) is 3.82. The average Bonchev–Trinajstić information content (AvgIpc) is 2.71. The van der Waals surface area contributed by atoms with E-state index in [-0.39, 0.29) is 11.9 Å². The highest BCUT2D eigenvalue weighted by molar-refractivity contribution is 14.1. The lowest BCUT2D eigenvalue weighted by Gasteiger charge is -2.16. The second kappa shape index (κ2) is 6.09. The second-order valence-corrected chi connectivity index (χ2v) is 7.15. The molecule has 1 heterocycles. The Hall–Kier alpha value is -0.820. The first-order chi connectivity index (χ1) is 8.95. The Balaban J connectivity index is 2.06. The van der Waals surface area contributed by atoms with Gasteiger partial charge >= 0.3 is 0 Å². The van der Waals surface area contributed by atoms with Gasteiger partial charge in [-0.15, -0.1) is 11.3 Å². The molecular formula is C14H16FIN2S. The number of nitrogen functional groups attached to an aromatic ring is 1. The number of benzene rings is 1. The standard InChI is InChI=1S/C14H16FIN2S/c1-8(5-10-4-3-9(2)19-10)18-14-6-11(15)12(16)7-13(14)17/h3-4,6-8,18H,5,17H2,1-2H3. The van der Waals surface area contributed by atoms with Gasteiger partial charge in [-0.3, -0.25) is 0 Å². The summed E-state index contributed by atoms with van der Waals surface area (Å²) in [7, 11) is 0. The normalized spacial score (nSPS) is 12.4. The third-order valence-corrected chi connectivity index (χ3v) is 4.65. The lowest BCUT2D eigenvalue weighted by Crippen LogP contribution is -2.18. The summed E-state index contributed by atoms with van der Waals surface area (Å²) in [5.74, 6) is -0.239. The Bertz CT molecular complexity index is 583. The van der Waals surface area contributed by atoms with Crippen LogP contribution in [0, 0.1) is 16.3 Å². The molecule has 0 saturated carbocycles. The Kier molecular flexibility index (Phi) is 4.67. The summed E-state index contributed by atoms with van der Waals surface area (Å²) >= 11 is 3.73. The molecule has 1 unspecified atom stereocenters. The van der Waals surface area contributed by atoms with Gasteiger partial charge in [0.05, 0.1) is 14.9 Å². The lowest BCUT2D eigenvalue weighted by atomic mass is 10.2. The van der Waals surface area contributed by atoms with Crippen molar-refractivity contribution in [3.63, 3.8) is 0 Å². The number of halogens is 2. The molecule has 0 fully saturated rings. The molecule has 0 spiro atoms. The van der Waals surface area contributed by atoms with E-state index in [2.05, 4.69) is 31.3 Å². The molecule has 1 aromatic heterocycles. The molecule has 2 aromatic rings. The Morgan fingerprint density at radius 3 is 2.79 bits per heavy atom. The average molecular weight is 390 g/mol. The fraction of sp³-hybridized carbons (Fsp3) is 0.286. The van der Waals surface area contributed by atoms with Crippen molar-refractivity contribution < 1.29 is 4.39 Å². The number of hydrogen-bond donors (Lipinski definition) is 2. The predicted octanol–water partition coefficient (Wildman–Crippen LogP) is 4.43. The van der Waals surface area contributed by atoms with Gasteiger partial charge in [-0.05, 0) is 54.6 Å². The number of nitrogens with one attached hydrogen (secondary N) is 1. The number of thiophene rings is 1. The van der Waals surface area contributed by atoms with Crippen LogP contribution < -0.4 is 11.1 Å². The van der Waals surface area contributed by atoms with E-state index in [1.807, 2.05) is 22.6 Å². The van der Waals surface area contributed by atoms with E-state index in [1.54, 1.807) is 17.4 Å². The maximum Gasteiger partial charge on any atom is 0.138 e.